The largest absolute Gasteiger partial charge is 0.409 e. The molecule has 0 aromatic rings. The molecule has 0 aliphatic carbocycles. The molecule has 0 radical (unpaired) electrons. The van der Waals surface area contributed by atoms with Gasteiger partial charge in [0, 0.05) is 11.5 Å². The first-order valence-electron chi connectivity index (χ1n) is 11.6. The Labute approximate surface area is 178 Å². The molecule has 0 fully saturated rings. The first kappa shape index (κ1) is 28.2. The summed E-state index contributed by atoms with van der Waals surface area (Å²) < 4.78 is 35.3. The summed E-state index contributed by atoms with van der Waals surface area (Å²) in [5, 5.41) is 0. The molecule has 0 aliphatic rings. The minimum atomic E-state index is -3.91. The maximum atomic E-state index is 12.3. The van der Waals surface area contributed by atoms with Crippen LogP contribution in [0.2, 0.25) is 0 Å². The summed E-state index contributed by atoms with van der Waals surface area (Å²) in [6.07, 6.45) is 12.6. The quantitative estimate of drug-likeness (QED) is 0.199. The molecule has 6 heteroatoms. The Kier molecular flexibility index (Phi) is 16.1. The molecule has 0 saturated heterocycles. The second-order valence-electron chi connectivity index (χ2n) is 8.38. The lowest BCUT2D eigenvalue weighted by Gasteiger charge is -2.41. The number of hydrogen-bond donors (Lipinski definition) is 0. The molecule has 0 rings (SSSR count). The van der Waals surface area contributed by atoms with E-state index in [0.29, 0.717) is 11.8 Å². The summed E-state index contributed by atoms with van der Waals surface area (Å²) in [5.74, 6) is 3.44. The summed E-state index contributed by atoms with van der Waals surface area (Å²) >= 11 is 0. The fourth-order valence-corrected chi connectivity index (χ4v) is 9.60. The lowest BCUT2D eigenvalue weighted by atomic mass is 10.0. The molecule has 0 aliphatic heterocycles. The van der Waals surface area contributed by atoms with Gasteiger partial charge in [-0.05, 0) is 30.9 Å². The van der Waals surface area contributed by atoms with Crippen LogP contribution in [0.4, 0.5) is 0 Å². The molecule has 4 nitrogen and oxygen atoms in total. The predicted octanol–water partition coefficient (Wildman–Crippen LogP) is 7.24. The zero-order valence-corrected chi connectivity index (χ0v) is 21.1. The van der Waals surface area contributed by atoms with Crippen molar-refractivity contribution in [3.63, 3.8) is 0 Å². The van der Waals surface area contributed by atoms with Crippen molar-refractivity contribution >= 4 is 20.7 Å². The average Bonchev–Trinajstić information content (AvgIpc) is 2.60. The summed E-state index contributed by atoms with van der Waals surface area (Å²) in [5.41, 5.74) is 0. The molecule has 0 saturated carbocycles. The molecule has 0 heterocycles. The first-order chi connectivity index (χ1) is 13.2. The van der Waals surface area contributed by atoms with E-state index in [1.807, 2.05) is 0 Å². The number of unbranched alkanes of at least 4 members (excludes halogenated alkanes) is 6. The molecule has 0 spiro atoms. The van der Waals surface area contributed by atoms with Crippen LogP contribution in [0.25, 0.3) is 0 Å². The van der Waals surface area contributed by atoms with Gasteiger partial charge in [-0.2, -0.15) is 12.0 Å². The fraction of sp³-hybridized carbons (Fsp3) is 1.00. The monoisotopic (exact) mass is 440 g/mol. The Morgan fingerprint density at radius 1 is 0.714 bits per heavy atom. The SMILES string of the molecule is CCCCCCCCCC(C)CS(CC)(CC(C)CCC)OS(=O)(=O)OCC. The number of hydrogen-bond acceptors (Lipinski definition) is 4. The third-order valence-corrected chi connectivity index (χ3v) is 11.0. The topological polar surface area (TPSA) is 52.6 Å². The van der Waals surface area contributed by atoms with E-state index < -0.39 is 20.7 Å². The van der Waals surface area contributed by atoms with Crippen LogP contribution in [-0.2, 0) is 18.2 Å². The van der Waals surface area contributed by atoms with Gasteiger partial charge < -0.3 is 0 Å². The van der Waals surface area contributed by atoms with Gasteiger partial charge in [0.15, 0.2) is 0 Å². The lowest BCUT2D eigenvalue weighted by molar-refractivity contribution is 0.293. The Morgan fingerprint density at radius 2 is 1.25 bits per heavy atom. The highest BCUT2D eigenvalue weighted by Gasteiger charge is 2.33. The molecule has 0 amide bonds. The Hall–Kier alpha value is 0.220. The third kappa shape index (κ3) is 13.4. The van der Waals surface area contributed by atoms with Crippen molar-refractivity contribution in [3.8, 4) is 0 Å². The van der Waals surface area contributed by atoms with Gasteiger partial charge in [-0.25, -0.2) is 4.18 Å². The van der Waals surface area contributed by atoms with Crippen molar-refractivity contribution in [3.05, 3.63) is 0 Å². The van der Waals surface area contributed by atoms with Crippen molar-refractivity contribution in [2.45, 2.75) is 106 Å². The van der Waals surface area contributed by atoms with Crippen molar-refractivity contribution in [1.82, 2.24) is 0 Å². The minimum absolute atomic E-state index is 0.125. The summed E-state index contributed by atoms with van der Waals surface area (Å²) in [4.78, 5) is 0. The van der Waals surface area contributed by atoms with Crippen LogP contribution in [0.1, 0.15) is 106 Å². The predicted molar refractivity (Wildman–Crippen MR) is 125 cm³/mol. The van der Waals surface area contributed by atoms with Crippen LogP contribution in [0, 0.1) is 11.8 Å². The van der Waals surface area contributed by atoms with Gasteiger partial charge in [0.05, 0.1) is 6.61 Å². The van der Waals surface area contributed by atoms with E-state index in [0.717, 1.165) is 36.5 Å². The molecule has 172 valence electrons. The van der Waals surface area contributed by atoms with Gasteiger partial charge in [-0.3, -0.25) is 0 Å². The summed E-state index contributed by atoms with van der Waals surface area (Å²) in [6.45, 7) is 12.8. The molecule has 0 aromatic heterocycles. The smallest absolute Gasteiger partial charge is 0.248 e. The van der Waals surface area contributed by atoms with Gasteiger partial charge >= 0.3 is 10.4 Å². The minimum Gasteiger partial charge on any atom is -0.248 e. The molecule has 0 bridgehead atoms. The van der Waals surface area contributed by atoms with E-state index in [-0.39, 0.29) is 6.61 Å². The highest BCUT2D eigenvalue weighted by atomic mass is 32.3. The van der Waals surface area contributed by atoms with Gasteiger partial charge in [-0.1, -0.05) is 92.4 Å². The van der Waals surface area contributed by atoms with E-state index >= 15 is 0 Å². The van der Waals surface area contributed by atoms with Crippen molar-refractivity contribution in [2.24, 2.45) is 11.8 Å². The van der Waals surface area contributed by atoms with Gasteiger partial charge in [0.2, 0.25) is 0 Å². The Bertz CT molecular complexity index is 467. The molecule has 3 atom stereocenters. The maximum absolute atomic E-state index is 12.3. The van der Waals surface area contributed by atoms with Gasteiger partial charge in [-0.15, -0.1) is 10.3 Å². The molecular formula is C22H48O4S2. The van der Waals surface area contributed by atoms with Gasteiger partial charge in [0.25, 0.3) is 0 Å². The molecule has 0 aromatic carbocycles. The van der Waals surface area contributed by atoms with E-state index in [4.69, 9.17) is 7.81 Å². The molecule has 3 unspecified atom stereocenters. The van der Waals surface area contributed by atoms with Crippen molar-refractivity contribution < 1.29 is 16.2 Å². The second-order valence-corrected chi connectivity index (χ2v) is 13.2. The fourth-order valence-electron chi connectivity index (χ4n) is 3.89. The van der Waals surface area contributed by atoms with E-state index in [1.54, 1.807) is 6.92 Å². The zero-order valence-electron chi connectivity index (χ0n) is 19.5. The second kappa shape index (κ2) is 16.0. The van der Waals surface area contributed by atoms with Gasteiger partial charge in [0.1, 0.15) is 0 Å². The molecule has 28 heavy (non-hydrogen) atoms. The summed E-state index contributed by atoms with van der Waals surface area (Å²) in [7, 11) is -5.61. The van der Waals surface area contributed by atoms with Crippen LogP contribution in [0.3, 0.4) is 0 Å². The van der Waals surface area contributed by atoms with Crippen LogP contribution in [-0.4, -0.2) is 32.3 Å². The normalized spacial score (nSPS) is 17.8. The highest BCUT2D eigenvalue weighted by molar-refractivity contribution is 8.32. The number of rotatable bonds is 19. The van der Waals surface area contributed by atoms with E-state index in [9.17, 15) is 8.42 Å². The van der Waals surface area contributed by atoms with Crippen LogP contribution < -0.4 is 0 Å². The van der Waals surface area contributed by atoms with Crippen LogP contribution >= 0.6 is 10.3 Å². The zero-order chi connectivity index (χ0) is 21.5. The lowest BCUT2D eigenvalue weighted by Crippen LogP contribution is -2.26. The maximum Gasteiger partial charge on any atom is 0.409 e. The molecule has 0 N–H and O–H groups in total. The summed E-state index contributed by atoms with van der Waals surface area (Å²) in [6, 6.07) is 0. The van der Waals surface area contributed by atoms with Crippen LogP contribution in [0.15, 0.2) is 0 Å². The highest BCUT2D eigenvalue weighted by Crippen LogP contribution is 2.54. The molecular weight excluding hydrogens is 392 g/mol. The standard InChI is InChI=1S/C22H48O4S2/c1-7-11-12-13-14-15-16-18-22(6)20-27(10-4,19-21(5)17-8-2)26-28(23,24)25-9-3/h21-22H,7-20H2,1-6H3. The third-order valence-electron chi connectivity index (χ3n) is 5.27. The Balaban J connectivity index is 4.80. The average molecular weight is 441 g/mol. The van der Waals surface area contributed by atoms with E-state index in [1.165, 1.54) is 44.9 Å². The van der Waals surface area contributed by atoms with E-state index in [2.05, 4.69) is 34.6 Å². The first-order valence-corrected chi connectivity index (χ1v) is 15.0. The van der Waals surface area contributed by atoms with Crippen LogP contribution in [0.5, 0.6) is 0 Å². The van der Waals surface area contributed by atoms with Crippen molar-refractivity contribution in [1.29, 1.82) is 0 Å². The Morgan fingerprint density at radius 3 is 1.75 bits per heavy atom. The van der Waals surface area contributed by atoms with Crippen molar-refractivity contribution in [2.75, 3.05) is 23.9 Å².